The van der Waals surface area contributed by atoms with Gasteiger partial charge in [-0.3, -0.25) is 0 Å². The molecule has 0 bridgehead atoms. The van der Waals surface area contributed by atoms with Crippen LogP contribution in [0.15, 0.2) is 30.4 Å². The molecule has 1 aromatic rings. The Kier molecular flexibility index (Phi) is 4.37. The summed E-state index contributed by atoms with van der Waals surface area (Å²) in [5.74, 6) is -0.115. The maximum atomic E-state index is 14.1. The van der Waals surface area contributed by atoms with Crippen molar-refractivity contribution in [3.63, 3.8) is 0 Å². The highest BCUT2D eigenvalue weighted by molar-refractivity contribution is 5.56. The van der Waals surface area contributed by atoms with E-state index in [0.29, 0.717) is 0 Å². The average molecular weight is 248 g/mol. The number of halogens is 1. The van der Waals surface area contributed by atoms with Gasteiger partial charge in [-0.05, 0) is 32.0 Å². The molecule has 1 heterocycles. The van der Waals surface area contributed by atoms with Gasteiger partial charge in [-0.15, -0.1) is 0 Å². The van der Waals surface area contributed by atoms with E-state index in [1.807, 2.05) is 19.9 Å². The van der Waals surface area contributed by atoms with Crippen LogP contribution in [0, 0.1) is 5.82 Å². The second kappa shape index (κ2) is 6.01. The molecule has 0 spiro atoms. The second-order valence-corrected chi connectivity index (χ2v) is 4.66. The van der Waals surface area contributed by atoms with Crippen molar-refractivity contribution < 1.29 is 4.39 Å². The van der Waals surface area contributed by atoms with Crippen molar-refractivity contribution in [1.82, 2.24) is 5.32 Å². The number of hydrogen-bond acceptors (Lipinski definition) is 2. The van der Waals surface area contributed by atoms with Crippen LogP contribution in [0.5, 0.6) is 0 Å². The quantitative estimate of drug-likeness (QED) is 0.823. The van der Waals surface area contributed by atoms with Crippen molar-refractivity contribution in [2.24, 2.45) is 0 Å². The molecule has 2 rings (SSSR count). The Labute approximate surface area is 108 Å². The first-order chi connectivity index (χ1) is 8.74. The Morgan fingerprint density at radius 2 is 2.22 bits per heavy atom. The van der Waals surface area contributed by atoms with E-state index in [-0.39, 0.29) is 11.9 Å². The zero-order valence-electron chi connectivity index (χ0n) is 11.1. The predicted molar refractivity (Wildman–Crippen MR) is 74.5 cm³/mol. The molecular formula is C15H21FN2. The van der Waals surface area contributed by atoms with Crippen LogP contribution in [0.1, 0.15) is 31.9 Å². The Balaban J connectivity index is 2.33. The van der Waals surface area contributed by atoms with Gasteiger partial charge in [0.25, 0.3) is 0 Å². The maximum Gasteiger partial charge on any atom is 0.130 e. The summed E-state index contributed by atoms with van der Waals surface area (Å²) in [6, 6.07) is 5.40. The Morgan fingerprint density at radius 3 is 2.89 bits per heavy atom. The van der Waals surface area contributed by atoms with Crippen molar-refractivity contribution >= 4 is 5.69 Å². The Morgan fingerprint density at radius 1 is 1.39 bits per heavy atom. The fraction of sp³-hybridized carbons (Fsp3) is 0.467. The fourth-order valence-electron chi connectivity index (χ4n) is 2.50. The van der Waals surface area contributed by atoms with E-state index in [1.54, 1.807) is 12.1 Å². The highest BCUT2D eigenvalue weighted by Gasteiger charge is 2.19. The van der Waals surface area contributed by atoms with Crippen LogP contribution in [-0.2, 0) is 0 Å². The van der Waals surface area contributed by atoms with Crippen LogP contribution in [0.4, 0.5) is 10.1 Å². The number of nitrogens with one attached hydrogen (secondary N) is 1. The van der Waals surface area contributed by atoms with Crippen molar-refractivity contribution in [2.75, 3.05) is 24.5 Å². The lowest BCUT2D eigenvalue weighted by Gasteiger charge is -2.30. The molecule has 0 radical (unpaired) electrons. The molecule has 3 heteroatoms. The van der Waals surface area contributed by atoms with Gasteiger partial charge in [-0.2, -0.15) is 0 Å². The van der Waals surface area contributed by atoms with Crippen molar-refractivity contribution in [1.29, 1.82) is 0 Å². The first kappa shape index (κ1) is 13.1. The zero-order valence-corrected chi connectivity index (χ0v) is 11.1. The molecule has 0 saturated carbocycles. The van der Waals surface area contributed by atoms with E-state index in [1.165, 1.54) is 0 Å². The molecular weight excluding hydrogens is 227 g/mol. The summed E-state index contributed by atoms with van der Waals surface area (Å²) in [5.41, 5.74) is 1.81. The summed E-state index contributed by atoms with van der Waals surface area (Å²) in [7, 11) is 0. The predicted octanol–water partition coefficient (Wildman–Crippen LogP) is 3.26. The van der Waals surface area contributed by atoms with E-state index in [9.17, 15) is 4.39 Å². The number of anilines is 1. The minimum absolute atomic E-state index is 0.0390. The zero-order chi connectivity index (χ0) is 13.0. The lowest BCUT2D eigenvalue weighted by molar-refractivity contribution is 0.539. The highest BCUT2D eigenvalue weighted by atomic mass is 19.1. The smallest absolute Gasteiger partial charge is 0.130 e. The SMILES string of the molecule is CCNC(C)c1c(F)cccc1N1CC=CCC1. The molecule has 1 atom stereocenters. The third kappa shape index (κ3) is 2.72. The van der Waals surface area contributed by atoms with Gasteiger partial charge in [0.05, 0.1) is 0 Å². The third-order valence-electron chi connectivity index (χ3n) is 3.37. The molecule has 18 heavy (non-hydrogen) atoms. The van der Waals surface area contributed by atoms with Gasteiger partial charge in [0, 0.05) is 30.4 Å². The lowest BCUT2D eigenvalue weighted by atomic mass is 10.0. The first-order valence-electron chi connectivity index (χ1n) is 6.65. The molecule has 1 aromatic carbocycles. The summed E-state index contributed by atoms with van der Waals surface area (Å²) < 4.78 is 14.1. The Hall–Kier alpha value is -1.35. The highest BCUT2D eigenvalue weighted by Crippen LogP contribution is 2.29. The lowest BCUT2D eigenvalue weighted by Crippen LogP contribution is -2.30. The van der Waals surface area contributed by atoms with E-state index in [0.717, 1.165) is 37.3 Å². The van der Waals surface area contributed by atoms with Gasteiger partial charge >= 0.3 is 0 Å². The number of nitrogens with zero attached hydrogens (tertiary/aromatic N) is 1. The molecule has 1 aliphatic rings. The summed E-state index contributed by atoms with van der Waals surface area (Å²) in [6.07, 6.45) is 5.37. The molecule has 1 unspecified atom stereocenters. The van der Waals surface area contributed by atoms with Gasteiger partial charge in [-0.25, -0.2) is 4.39 Å². The second-order valence-electron chi connectivity index (χ2n) is 4.66. The van der Waals surface area contributed by atoms with E-state index in [2.05, 4.69) is 22.4 Å². The van der Waals surface area contributed by atoms with Gasteiger partial charge in [-0.1, -0.05) is 25.1 Å². The number of hydrogen-bond donors (Lipinski definition) is 1. The molecule has 0 fully saturated rings. The van der Waals surface area contributed by atoms with Crippen molar-refractivity contribution in [3.8, 4) is 0 Å². The molecule has 0 aromatic heterocycles. The summed E-state index contributed by atoms with van der Waals surface area (Å²) in [4.78, 5) is 2.24. The van der Waals surface area contributed by atoms with Gasteiger partial charge in [0.15, 0.2) is 0 Å². The van der Waals surface area contributed by atoms with Crippen LogP contribution < -0.4 is 10.2 Å². The Bertz CT molecular complexity index is 429. The minimum atomic E-state index is -0.115. The molecule has 0 aliphatic carbocycles. The number of benzene rings is 1. The van der Waals surface area contributed by atoms with Gasteiger partial charge in [0.1, 0.15) is 5.82 Å². The number of rotatable bonds is 4. The minimum Gasteiger partial charge on any atom is -0.367 e. The summed E-state index contributed by atoms with van der Waals surface area (Å²) in [6.45, 7) is 6.74. The van der Waals surface area contributed by atoms with Gasteiger partial charge in [0.2, 0.25) is 0 Å². The standard InChI is InChI=1S/C15H21FN2/c1-3-17-12(2)15-13(16)8-7-9-14(15)18-10-5-4-6-11-18/h4-5,7-9,12,17H,3,6,10-11H2,1-2H3. The maximum absolute atomic E-state index is 14.1. The topological polar surface area (TPSA) is 15.3 Å². The fourth-order valence-corrected chi connectivity index (χ4v) is 2.50. The molecule has 0 amide bonds. The molecule has 2 nitrogen and oxygen atoms in total. The van der Waals surface area contributed by atoms with Crippen LogP contribution >= 0.6 is 0 Å². The van der Waals surface area contributed by atoms with Crippen molar-refractivity contribution in [3.05, 3.63) is 41.7 Å². The molecule has 1 N–H and O–H groups in total. The van der Waals surface area contributed by atoms with E-state index in [4.69, 9.17) is 0 Å². The van der Waals surface area contributed by atoms with Crippen LogP contribution in [-0.4, -0.2) is 19.6 Å². The van der Waals surface area contributed by atoms with E-state index < -0.39 is 0 Å². The first-order valence-corrected chi connectivity index (χ1v) is 6.65. The van der Waals surface area contributed by atoms with Crippen molar-refractivity contribution in [2.45, 2.75) is 26.3 Å². The monoisotopic (exact) mass is 248 g/mol. The van der Waals surface area contributed by atoms with Crippen LogP contribution in [0.25, 0.3) is 0 Å². The van der Waals surface area contributed by atoms with Gasteiger partial charge < -0.3 is 10.2 Å². The average Bonchev–Trinajstić information content (AvgIpc) is 2.39. The third-order valence-corrected chi connectivity index (χ3v) is 3.37. The van der Waals surface area contributed by atoms with E-state index >= 15 is 0 Å². The summed E-state index contributed by atoms with van der Waals surface area (Å²) in [5, 5.41) is 3.30. The van der Waals surface area contributed by atoms with Crippen LogP contribution in [0.2, 0.25) is 0 Å². The molecule has 0 saturated heterocycles. The summed E-state index contributed by atoms with van der Waals surface area (Å²) >= 11 is 0. The van der Waals surface area contributed by atoms with Crippen LogP contribution in [0.3, 0.4) is 0 Å². The normalized spacial score (nSPS) is 16.9. The largest absolute Gasteiger partial charge is 0.367 e. The molecule has 98 valence electrons. The molecule has 1 aliphatic heterocycles.